The number of halogens is 2. The van der Waals surface area contributed by atoms with Crippen LogP contribution < -0.4 is 16.2 Å². The largest absolute Gasteiger partial charge is 0.435 e. The lowest BCUT2D eigenvalue weighted by molar-refractivity contribution is -0.0498. The Balaban J connectivity index is 1.88. The summed E-state index contributed by atoms with van der Waals surface area (Å²) in [5.74, 6) is -0.0666. The summed E-state index contributed by atoms with van der Waals surface area (Å²) in [6.07, 6.45) is 0. The second kappa shape index (κ2) is 6.71. The van der Waals surface area contributed by atoms with Gasteiger partial charge in [0.05, 0.1) is 12.2 Å². The lowest BCUT2D eigenvalue weighted by Crippen LogP contribution is -2.24. The van der Waals surface area contributed by atoms with E-state index in [4.69, 9.17) is 5.73 Å². The number of alkyl halides is 2. The van der Waals surface area contributed by atoms with Crippen LogP contribution in [0, 0.1) is 6.92 Å². The van der Waals surface area contributed by atoms with E-state index in [2.05, 4.69) is 15.2 Å². The van der Waals surface area contributed by atoms with Crippen LogP contribution in [0.15, 0.2) is 47.3 Å². The summed E-state index contributed by atoms with van der Waals surface area (Å²) < 4.78 is 31.1. The molecule has 0 bridgehead atoms. The molecule has 0 amide bonds. The number of aryl methyl sites for hydroxylation is 1. The van der Waals surface area contributed by atoms with Crippen LogP contribution in [0.25, 0.3) is 5.69 Å². The van der Waals surface area contributed by atoms with Crippen molar-refractivity contribution in [2.24, 2.45) is 0 Å². The van der Waals surface area contributed by atoms with Crippen LogP contribution in [0.4, 0.5) is 14.5 Å². The first-order chi connectivity index (χ1) is 11.9. The minimum Gasteiger partial charge on any atom is -0.435 e. The maximum absolute atomic E-state index is 12.4. The standard InChI is InChI=1S/C16H15F2N5O2/c1-10-7-11(5-6-14(10)19)9-22-16(24)23(21-20-22)12-3-2-4-13(8-12)25-15(17)18/h2-8,15H,9,19H2,1H3. The van der Waals surface area contributed by atoms with Crippen LogP contribution >= 0.6 is 0 Å². The molecule has 9 heteroatoms. The molecule has 130 valence electrons. The molecule has 0 spiro atoms. The maximum Gasteiger partial charge on any atom is 0.387 e. The second-order valence-corrected chi connectivity index (χ2v) is 5.40. The zero-order chi connectivity index (χ0) is 18.0. The number of nitrogen functional groups attached to an aromatic ring is 1. The molecule has 0 aliphatic heterocycles. The lowest BCUT2D eigenvalue weighted by Gasteiger charge is -2.06. The molecule has 1 heterocycles. The fourth-order valence-corrected chi connectivity index (χ4v) is 2.34. The quantitative estimate of drug-likeness (QED) is 0.713. The van der Waals surface area contributed by atoms with Crippen molar-refractivity contribution in [3.05, 3.63) is 64.1 Å². The average Bonchev–Trinajstić information content (AvgIpc) is 2.91. The molecule has 0 aliphatic rings. The minimum atomic E-state index is -2.95. The van der Waals surface area contributed by atoms with E-state index in [1.165, 1.54) is 22.9 Å². The van der Waals surface area contributed by atoms with Gasteiger partial charge in [-0.2, -0.15) is 18.1 Å². The normalized spacial score (nSPS) is 11.0. The Bertz CT molecular complexity index is 952. The number of nitrogens with zero attached hydrogens (tertiary/aromatic N) is 4. The van der Waals surface area contributed by atoms with Crippen molar-refractivity contribution >= 4 is 5.69 Å². The van der Waals surface area contributed by atoms with Gasteiger partial charge in [-0.05, 0) is 46.7 Å². The number of hydrogen-bond acceptors (Lipinski definition) is 5. The third-order valence-corrected chi connectivity index (χ3v) is 3.59. The number of anilines is 1. The van der Waals surface area contributed by atoms with Crippen LogP contribution in [0.5, 0.6) is 5.75 Å². The third-order valence-electron chi connectivity index (χ3n) is 3.59. The van der Waals surface area contributed by atoms with Gasteiger partial charge in [-0.3, -0.25) is 0 Å². The summed E-state index contributed by atoms with van der Waals surface area (Å²) in [5, 5.41) is 7.62. The van der Waals surface area contributed by atoms with Crippen LogP contribution in [-0.4, -0.2) is 26.4 Å². The van der Waals surface area contributed by atoms with Gasteiger partial charge in [0.2, 0.25) is 0 Å². The number of tetrazole rings is 1. The summed E-state index contributed by atoms with van der Waals surface area (Å²) in [7, 11) is 0. The Labute approximate surface area is 141 Å². The Morgan fingerprint density at radius 3 is 2.72 bits per heavy atom. The number of benzene rings is 2. The molecule has 3 aromatic rings. The van der Waals surface area contributed by atoms with Crippen molar-refractivity contribution in [2.45, 2.75) is 20.1 Å². The first kappa shape index (κ1) is 16.6. The third kappa shape index (κ3) is 3.65. The zero-order valence-corrected chi connectivity index (χ0v) is 13.3. The van der Waals surface area contributed by atoms with Crippen molar-refractivity contribution in [1.82, 2.24) is 19.8 Å². The molecule has 2 aromatic carbocycles. The van der Waals surface area contributed by atoms with E-state index in [0.29, 0.717) is 5.69 Å². The predicted molar refractivity (Wildman–Crippen MR) is 86.9 cm³/mol. The summed E-state index contributed by atoms with van der Waals surface area (Å²) in [6, 6.07) is 11.1. The minimum absolute atomic E-state index is 0.0666. The molecule has 0 saturated carbocycles. The van der Waals surface area contributed by atoms with E-state index in [9.17, 15) is 13.6 Å². The molecule has 0 aliphatic carbocycles. The Hall–Kier alpha value is -3.23. The van der Waals surface area contributed by atoms with Crippen LogP contribution in [-0.2, 0) is 6.54 Å². The molecule has 25 heavy (non-hydrogen) atoms. The molecule has 2 N–H and O–H groups in total. The zero-order valence-electron chi connectivity index (χ0n) is 13.3. The maximum atomic E-state index is 12.4. The number of rotatable bonds is 5. The van der Waals surface area contributed by atoms with Gasteiger partial charge < -0.3 is 10.5 Å². The van der Waals surface area contributed by atoms with Crippen molar-refractivity contribution in [3.8, 4) is 11.4 Å². The molecule has 0 radical (unpaired) electrons. The monoisotopic (exact) mass is 347 g/mol. The van der Waals surface area contributed by atoms with Gasteiger partial charge in [0.15, 0.2) is 0 Å². The van der Waals surface area contributed by atoms with E-state index in [-0.39, 0.29) is 18.0 Å². The lowest BCUT2D eigenvalue weighted by atomic mass is 10.1. The van der Waals surface area contributed by atoms with Gasteiger partial charge in [-0.1, -0.05) is 18.2 Å². The highest BCUT2D eigenvalue weighted by atomic mass is 19.3. The van der Waals surface area contributed by atoms with Crippen molar-refractivity contribution in [3.63, 3.8) is 0 Å². The van der Waals surface area contributed by atoms with E-state index >= 15 is 0 Å². The number of hydrogen-bond donors (Lipinski definition) is 1. The SMILES string of the molecule is Cc1cc(Cn2nnn(-c3cccc(OC(F)F)c3)c2=O)ccc1N. The Morgan fingerprint density at radius 1 is 1.20 bits per heavy atom. The molecule has 0 saturated heterocycles. The van der Waals surface area contributed by atoms with Crippen molar-refractivity contribution < 1.29 is 13.5 Å². The molecule has 0 fully saturated rings. The molecule has 0 unspecified atom stereocenters. The van der Waals surface area contributed by atoms with E-state index in [1.807, 2.05) is 13.0 Å². The highest BCUT2D eigenvalue weighted by molar-refractivity contribution is 5.47. The van der Waals surface area contributed by atoms with Gasteiger partial charge in [0.25, 0.3) is 0 Å². The van der Waals surface area contributed by atoms with Crippen molar-refractivity contribution in [2.75, 3.05) is 5.73 Å². The van der Waals surface area contributed by atoms with Crippen molar-refractivity contribution in [1.29, 1.82) is 0 Å². The topological polar surface area (TPSA) is 88.0 Å². The molecule has 3 rings (SSSR count). The van der Waals surface area contributed by atoms with Crippen LogP contribution in [0.3, 0.4) is 0 Å². The second-order valence-electron chi connectivity index (χ2n) is 5.40. The van der Waals surface area contributed by atoms with Gasteiger partial charge >= 0.3 is 12.3 Å². The van der Waals surface area contributed by atoms with Crippen LogP contribution in [0.1, 0.15) is 11.1 Å². The van der Waals surface area contributed by atoms with Gasteiger partial charge in [-0.15, -0.1) is 0 Å². The highest BCUT2D eigenvalue weighted by Crippen LogP contribution is 2.17. The van der Waals surface area contributed by atoms with Gasteiger partial charge in [-0.25, -0.2) is 4.79 Å². The fraction of sp³-hybridized carbons (Fsp3) is 0.188. The smallest absolute Gasteiger partial charge is 0.387 e. The fourth-order valence-electron chi connectivity index (χ4n) is 2.34. The first-order valence-electron chi connectivity index (χ1n) is 7.37. The van der Waals surface area contributed by atoms with E-state index in [0.717, 1.165) is 15.8 Å². The van der Waals surface area contributed by atoms with E-state index < -0.39 is 12.3 Å². The number of nitrogens with two attached hydrogens (primary N) is 1. The molecular formula is C16H15F2N5O2. The number of ether oxygens (including phenoxy) is 1. The molecule has 0 atom stereocenters. The molecule has 1 aromatic heterocycles. The Morgan fingerprint density at radius 2 is 2.00 bits per heavy atom. The molecular weight excluding hydrogens is 332 g/mol. The number of aromatic nitrogens is 4. The summed E-state index contributed by atoms with van der Waals surface area (Å²) in [5.41, 5.74) is 7.96. The van der Waals surface area contributed by atoms with Gasteiger partial charge in [0, 0.05) is 11.8 Å². The summed E-state index contributed by atoms with van der Waals surface area (Å²) >= 11 is 0. The summed E-state index contributed by atoms with van der Waals surface area (Å²) in [4.78, 5) is 12.4. The van der Waals surface area contributed by atoms with Crippen LogP contribution in [0.2, 0.25) is 0 Å². The first-order valence-corrected chi connectivity index (χ1v) is 7.37. The summed E-state index contributed by atoms with van der Waals surface area (Å²) in [6.45, 7) is -0.864. The average molecular weight is 347 g/mol. The highest BCUT2D eigenvalue weighted by Gasteiger charge is 2.12. The molecule has 7 nitrogen and oxygen atoms in total. The van der Waals surface area contributed by atoms with E-state index in [1.54, 1.807) is 18.2 Å². The Kier molecular flexibility index (Phi) is 4.46. The predicted octanol–water partition coefficient (Wildman–Crippen LogP) is 1.97. The van der Waals surface area contributed by atoms with Gasteiger partial charge in [0.1, 0.15) is 5.75 Å².